The number of urea groups is 1. The first kappa shape index (κ1) is 17.0. The van der Waals surface area contributed by atoms with E-state index in [9.17, 15) is 14.4 Å². The summed E-state index contributed by atoms with van der Waals surface area (Å²) in [6, 6.07) is 6.79. The van der Waals surface area contributed by atoms with Crippen molar-refractivity contribution in [2.24, 2.45) is 0 Å². The van der Waals surface area contributed by atoms with Crippen LogP contribution in [0.15, 0.2) is 28.7 Å². The number of hydrogen-bond donors (Lipinski definition) is 1. The summed E-state index contributed by atoms with van der Waals surface area (Å²) in [5, 5.41) is 2.72. The van der Waals surface area contributed by atoms with E-state index in [0.717, 1.165) is 28.6 Å². The monoisotopic (exact) mass is 393 g/mol. The normalized spacial score (nSPS) is 19.9. The van der Waals surface area contributed by atoms with Crippen molar-refractivity contribution >= 4 is 39.5 Å². The Balaban J connectivity index is 1.71. The van der Waals surface area contributed by atoms with E-state index < -0.39 is 5.54 Å². The van der Waals surface area contributed by atoms with Crippen LogP contribution in [0.1, 0.15) is 32.1 Å². The number of nitrogens with one attached hydrogen (secondary N) is 1. The highest BCUT2D eigenvalue weighted by molar-refractivity contribution is 9.10. The van der Waals surface area contributed by atoms with E-state index >= 15 is 0 Å². The number of rotatable bonds is 3. The Bertz CT molecular complexity index is 685. The van der Waals surface area contributed by atoms with Crippen molar-refractivity contribution in [2.75, 3.05) is 18.9 Å². The van der Waals surface area contributed by atoms with Gasteiger partial charge < -0.3 is 10.2 Å². The molecule has 128 valence electrons. The average molecular weight is 394 g/mol. The van der Waals surface area contributed by atoms with Gasteiger partial charge in [-0.15, -0.1) is 0 Å². The molecule has 2 fully saturated rings. The second kappa shape index (κ2) is 6.55. The van der Waals surface area contributed by atoms with E-state index in [2.05, 4.69) is 21.2 Å². The lowest BCUT2D eigenvalue weighted by atomic mass is 9.81. The highest BCUT2D eigenvalue weighted by atomic mass is 79.9. The first-order valence-corrected chi connectivity index (χ1v) is 8.88. The van der Waals surface area contributed by atoms with E-state index in [-0.39, 0.29) is 24.4 Å². The number of anilines is 1. The van der Waals surface area contributed by atoms with Gasteiger partial charge in [0.1, 0.15) is 12.1 Å². The Labute approximate surface area is 149 Å². The van der Waals surface area contributed by atoms with Crippen LogP contribution >= 0.6 is 15.9 Å². The fourth-order valence-corrected chi connectivity index (χ4v) is 3.98. The molecule has 0 aromatic heterocycles. The average Bonchev–Trinajstić information content (AvgIpc) is 2.72. The number of carbonyl (C=O) groups excluding carboxylic acids is 3. The molecule has 6 nitrogen and oxygen atoms in total. The minimum atomic E-state index is -0.745. The quantitative estimate of drug-likeness (QED) is 0.802. The highest BCUT2D eigenvalue weighted by Gasteiger charge is 2.55. The maximum absolute atomic E-state index is 12.8. The SMILES string of the molecule is CN1C(=O)N(CC(=O)Nc2cccc(Br)c2)C(=O)C12CCCCC2. The third-order valence-corrected chi connectivity index (χ3v) is 5.39. The van der Waals surface area contributed by atoms with Crippen LogP contribution in [-0.2, 0) is 9.59 Å². The number of imide groups is 1. The molecule has 0 bridgehead atoms. The summed E-state index contributed by atoms with van der Waals surface area (Å²) in [5.41, 5.74) is -0.125. The van der Waals surface area contributed by atoms with E-state index in [0.29, 0.717) is 18.5 Å². The van der Waals surface area contributed by atoms with Crippen LogP contribution in [0, 0.1) is 0 Å². The van der Waals surface area contributed by atoms with Gasteiger partial charge in [0, 0.05) is 17.2 Å². The molecule has 0 atom stereocenters. The summed E-state index contributed by atoms with van der Waals surface area (Å²) in [6.45, 7) is -0.254. The summed E-state index contributed by atoms with van der Waals surface area (Å²) in [7, 11) is 1.66. The second-order valence-electron chi connectivity index (χ2n) is 6.38. The number of nitrogens with zero attached hydrogens (tertiary/aromatic N) is 2. The number of carbonyl (C=O) groups is 3. The number of halogens is 1. The van der Waals surface area contributed by atoms with Gasteiger partial charge in [0.2, 0.25) is 5.91 Å². The maximum Gasteiger partial charge on any atom is 0.327 e. The number of amides is 4. The Morgan fingerprint density at radius 3 is 2.62 bits per heavy atom. The van der Waals surface area contributed by atoms with Crippen LogP contribution in [0.3, 0.4) is 0 Å². The predicted molar refractivity (Wildman–Crippen MR) is 93.5 cm³/mol. The summed E-state index contributed by atoms with van der Waals surface area (Å²) in [4.78, 5) is 40.2. The Kier molecular flexibility index (Phi) is 4.62. The molecule has 1 saturated carbocycles. The molecule has 4 amide bonds. The Morgan fingerprint density at radius 2 is 1.96 bits per heavy atom. The zero-order valence-corrected chi connectivity index (χ0v) is 15.1. The van der Waals surface area contributed by atoms with Gasteiger partial charge in [0.15, 0.2) is 0 Å². The number of hydrogen-bond acceptors (Lipinski definition) is 3. The molecule has 1 aliphatic carbocycles. The minimum absolute atomic E-state index is 0.237. The zero-order valence-electron chi connectivity index (χ0n) is 13.5. The zero-order chi connectivity index (χ0) is 17.3. The van der Waals surface area contributed by atoms with Crippen LogP contribution in [0.2, 0.25) is 0 Å². The fourth-order valence-electron chi connectivity index (χ4n) is 3.58. The third kappa shape index (κ3) is 2.92. The molecular weight excluding hydrogens is 374 g/mol. The largest absolute Gasteiger partial charge is 0.327 e. The van der Waals surface area contributed by atoms with Crippen molar-refractivity contribution in [1.29, 1.82) is 0 Å². The molecule has 3 rings (SSSR count). The number of benzene rings is 1. The molecule has 0 unspecified atom stereocenters. The lowest BCUT2D eigenvalue weighted by Crippen LogP contribution is -2.49. The summed E-state index contributed by atoms with van der Waals surface area (Å²) in [5.74, 6) is -0.616. The van der Waals surface area contributed by atoms with E-state index in [4.69, 9.17) is 0 Å². The van der Waals surface area contributed by atoms with Crippen LogP contribution in [0.25, 0.3) is 0 Å². The van der Waals surface area contributed by atoms with Crippen LogP contribution in [0.5, 0.6) is 0 Å². The topological polar surface area (TPSA) is 69.7 Å². The van der Waals surface area contributed by atoms with Gasteiger partial charge in [-0.1, -0.05) is 41.3 Å². The highest BCUT2D eigenvalue weighted by Crippen LogP contribution is 2.39. The summed E-state index contributed by atoms with van der Waals surface area (Å²) in [6.07, 6.45) is 4.30. The van der Waals surface area contributed by atoms with Crippen molar-refractivity contribution < 1.29 is 14.4 Å². The molecule has 1 aromatic carbocycles. The smallest absolute Gasteiger partial charge is 0.324 e. The van der Waals surface area contributed by atoms with Crippen molar-refractivity contribution in [2.45, 2.75) is 37.6 Å². The Hall–Kier alpha value is -1.89. The molecule has 1 spiro atoms. The molecule has 1 N–H and O–H groups in total. The maximum atomic E-state index is 12.8. The van der Waals surface area contributed by atoms with E-state index in [1.165, 1.54) is 4.90 Å². The summed E-state index contributed by atoms with van der Waals surface area (Å²) < 4.78 is 0.842. The van der Waals surface area contributed by atoms with Gasteiger partial charge in [-0.2, -0.15) is 0 Å². The Morgan fingerprint density at radius 1 is 1.25 bits per heavy atom. The van der Waals surface area contributed by atoms with Crippen molar-refractivity contribution in [3.8, 4) is 0 Å². The molecule has 1 saturated heterocycles. The fraction of sp³-hybridized carbons (Fsp3) is 0.471. The van der Waals surface area contributed by atoms with Crippen LogP contribution < -0.4 is 5.32 Å². The molecule has 24 heavy (non-hydrogen) atoms. The molecule has 0 radical (unpaired) electrons. The molecule has 1 heterocycles. The molecular formula is C17H20BrN3O3. The lowest BCUT2D eigenvalue weighted by molar-refractivity contribution is -0.136. The van der Waals surface area contributed by atoms with Gasteiger partial charge in [-0.25, -0.2) is 4.79 Å². The standard InChI is InChI=1S/C17H20BrN3O3/c1-20-16(24)21(15(23)17(20)8-3-2-4-9-17)11-14(22)19-13-7-5-6-12(18)10-13/h5-7,10H,2-4,8-9,11H2,1H3,(H,19,22). The minimum Gasteiger partial charge on any atom is -0.324 e. The van der Waals surface area contributed by atoms with Crippen molar-refractivity contribution in [3.63, 3.8) is 0 Å². The van der Waals surface area contributed by atoms with Crippen LogP contribution in [0.4, 0.5) is 10.5 Å². The first-order valence-electron chi connectivity index (χ1n) is 8.09. The van der Waals surface area contributed by atoms with Crippen LogP contribution in [-0.4, -0.2) is 46.8 Å². The molecule has 2 aliphatic rings. The lowest BCUT2D eigenvalue weighted by Gasteiger charge is -2.35. The van der Waals surface area contributed by atoms with E-state index in [1.807, 2.05) is 6.07 Å². The van der Waals surface area contributed by atoms with Gasteiger partial charge in [0.25, 0.3) is 5.91 Å². The first-order chi connectivity index (χ1) is 11.4. The van der Waals surface area contributed by atoms with Gasteiger partial charge in [0.05, 0.1) is 0 Å². The third-order valence-electron chi connectivity index (χ3n) is 4.89. The van der Waals surface area contributed by atoms with Crippen molar-refractivity contribution in [1.82, 2.24) is 9.80 Å². The van der Waals surface area contributed by atoms with Gasteiger partial charge in [-0.3, -0.25) is 14.5 Å². The number of likely N-dealkylation sites (N-methyl/N-ethyl adjacent to an activating group) is 1. The summed E-state index contributed by atoms with van der Waals surface area (Å²) >= 11 is 3.34. The molecule has 7 heteroatoms. The molecule has 1 aliphatic heterocycles. The second-order valence-corrected chi connectivity index (χ2v) is 7.30. The molecule has 1 aromatic rings. The predicted octanol–water partition coefficient (Wildman–Crippen LogP) is 2.98. The van der Waals surface area contributed by atoms with E-state index in [1.54, 1.807) is 25.2 Å². The van der Waals surface area contributed by atoms with Gasteiger partial charge >= 0.3 is 6.03 Å². The van der Waals surface area contributed by atoms with Crippen molar-refractivity contribution in [3.05, 3.63) is 28.7 Å². The van der Waals surface area contributed by atoms with Gasteiger partial charge in [-0.05, 0) is 31.0 Å².